The van der Waals surface area contributed by atoms with Crippen LogP contribution in [0.5, 0.6) is 0 Å². The summed E-state index contributed by atoms with van der Waals surface area (Å²) in [5.74, 6) is 0.223. The second-order valence-electron chi connectivity index (χ2n) is 4.75. The second-order valence-corrected chi connectivity index (χ2v) is 4.75. The topological polar surface area (TPSA) is 59.8 Å². The van der Waals surface area contributed by atoms with Crippen LogP contribution in [0, 0.1) is 11.7 Å². The molecule has 3 rings (SSSR count). The molecule has 19 heavy (non-hydrogen) atoms. The van der Waals surface area contributed by atoms with Crippen LogP contribution >= 0.6 is 0 Å². The molecule has 98 valence electrons. The van der Waals surface area contributed by atoms with Crippen LogP contribution < -0.4 is 5.32 Å². The Morgan fingerprint density at radius 1 is 1.42 bits per heavy atom. The van der Waals surface area contributed by atoms with E-state index < -0.39 is 0 Å². The molecule has 1 heterocycles. The summed E-state index contributed by atoms with van der Waals surface area (Å²) in [7, 11) is 1.76. The standard InChI is InChI=1S/C13H13FN4O/c1-18-7-15-17-13(18)16-12(19)11-6-10(11)8-2-4-9(14)5-3-8/h2-5,7,10-11H,6H2,1H3,(H,16,17,19)/t10-,11-/m0/s1. The number of carbonyl (C=O) groups excluding carboxylic acids is 1. The van der Waals surface area contributed by atoms with Gasteiger partial charge in [-0.2, -0.15) is 0 Å². The van der Waals surface area contributed by atoms with Crippen molar-refractivity contribution in [2.45, 2.75) is 12.3 Å². The Morgan fingerprint density at radius 2 is 2.16 bits per heavy atom. The molecule has 2 atom stereocenters. The number of carbonyl (C=O) groups is 1. The molecule has 6 heteroatoms. The molecule has 1 aromatic carbocycles. The largest absolute Gasteiger partial charge is 0.303 e. The number of nitrogens with one attached hydrogen (secondary N) is 1. The number of nitrogens with zero attached hydrogens (tertiary/aromatic N) is 3. The predicted molar refractivity (Wildman–Crippen MR) is 66.9 cm³/mol. The summed E-state index contributed by atoms with van der Waals surface area (Å²) in [6.45, 7) is 0. The van der Waals surface area contributed by atoms with Gasteiger partial charge in [0, 0.05) is 13.0 Å². The van der Waals surface area contributed by atoms with Crippen molar-refractivity contribution >= 4 is 11.9 Å². The third-order valence-corrected chi connectivity index (χ3v) is 3.37. The van der Waals surface area contributed by atoms with E-state index in [0.29, 0.717) is 5.95 Å². The lowest BCUT2D eigenvalue weighted by Crippen LogP contribution is -2.17. The Labute approximate surface area is 109 Å². The van der Waals surface area contributed by atoms with Crippen LogP contribution in [-0.2, 0) is 11.8 Å². The molecule has 1 saturated carbocycles. The molecule has 1 amide bonds. The van der Waals surface area contributed by atoms with Crippen molar-refractivity contribution < 1.29 is 9.18 Å². The highest BCUT2D eigenvalue weighted by Crippen LogP contribution is 2.47. The number of aromatic nitrogens is 3. The molecule has 0 saturated heterocycles. The van der Waals surface area contributed by atoms with Crippen LogP contribution in [0.1, 0.15) is 17.9 Å². The number of amides is 1. The Bertz CT molecular complexity index is 607. The van der Waals surface area contributed by atoms with Crippen molar-refractivity contribution in [2.24, 2.45) is 13.0 Å². The third kappa shape index (κ3) is 2.33. The number of rotatable bonds is 3. The molecule has 2 aromatic rings. The van der Waals surface area contributed by atoms with Gasteiger partial charge in [-0.3, -0.25) is 10.1 Å². The highest BCUT2D eigenvalue weighted by molar-refractivity contribution is 5.93. The molecular formula is C13H13FN4O. The first-order valence-electron chi connectivity index (χ1n) is 6.05. The molecule has 1 fully saturated rings. The number of halogens is 1. The average molecular weight is 260 g/mol. The summed E-state index contributed by atoms with van der Waals surface area (Å²) < 4.78 is 14.5. The second kappa shape index (κ2) is 4.46. The number of aryl methyl sites for hydroxylation is 1. The maximum atomic E-state index is 12.8. The zero-order valence-corrected chi connectivity index (χ0v) is 10.4. The Hall–Kier alpha value is -2.24. The average Bonchev–Trinajstić information content (AvgIpc) is 3.10. The number of hydrogen-bond acceptors (Lipinski definition) is 3. The molecule has 0 aliphatic heterocycles. The van der Waals surface area contributed by atoms with Gasteiger partial charge >= 0.3 is 0 Å². The summed E-state index contributed by atoms with van der Waals surface area (Å²) in [6.07, 6.45) is 2.31. The van der Waals surface area contributed by atoms with Gasteiger partial charge in [0.25, 0.3) is 0 Å². The van der Waals surface area contributed by atoms with Crippen molar-refractivity contribution in [1.29, 1.82) is 0 Å². The molecule has 0 radical (unpaired) electrons. The van der Waals surface area contributed by atoms with Gasteiger partial charge < -0.3 is 4.57 Å². The Kier molecular flexibility index (Phi) is 2.77. The van der Waals surface area contributed by atoms with Crippen molar-refractivity contribution in [3.8, 4) is 0 Å². The number of benzene rings is 1. The first kappa shape index (κ1) is 11.8. The minimum Gasteiger partial charge on any atom is -0.303 e. The van der Waals surface area contributed by atoms with Crippen molar-refractivity contribution in [3.05, 3.63) is 42.0 Å². The zero-order valence-electron chi connectivity index (χ0n) is 10.4. The first-order chi connectivity index (χ1) is 9.15. The lowest BCUT2D eigenvalue weighted by atomic mass is 10.1. The highest BCUT2D eigenvalue weighted by atomic mass is 19.1. The van der Waals surface area contributed by atoms with Gasteiger partial charge in [0.1, 0.15) is 12.1 Å². The molecule has 1 aliphatic carbocycles. The summed E-state index contributed by atoms with van der Waals surface area (Å²) in [5.41, 5.74) is 1.000. The van der Waals surface area contributed by atoms with Gasteiger partial charge in [-0.05, 0) is 30.0 Å². The van der Waals surface area contributed by atoms with Gasteiger partial charge in [-0.25, -0.2) is 4.39 Å². The molecule has 1 N–H and O–H groups in total. The quantitative estimate of drug-likeness (QED) is 0.913. The molecule has 0 spiro atoms. The fourth-order valence-corrected chi connectivity index (χ4v) is 2.16. The summed E-state index contributed by atoms with van der Waals surface area (Å²) in [5, 5.41) is 10.2. The van der Waals surface area contributed by atoms with Crippen LogP contribution in [0.15, 0.2) is 30.6 Å². The maximum Gasteiger partial charge on any atom is 0.230 e. The smallest absolute Gasteiger partial charge is 0.230 e. The molecule has 1 aliphatic rings. The van der Waals surface area contributed by atoms with E-state index in [2.05, 4.69) is 15.5 Å². The fraction of sp³-hybridized carbons (Fsp3) is 0.308. The van der Waals surface area contributed by atoms with E-state index in [1.165, 1.54) is 18.5 Å². The monoisotopic (exact) mass is 260 g/mol. The third-order valence-electron chi connectivity index (χ3n) is 3.37. The lowest BCUT2D eigenvalue weighted by Gasteiger charge is -2.03. The van der Waals surface area contributed by atoms with E-state index in [4.69, 9.17) is 0 Å². The highest BCUT2D eigenvalue weighted by Gasteiger charge is 2.44. The zero-order chi connectivity index (χ0) is 13.4. The Morgan fingerprint density at radius 3 is 2.79 bits per heavy atom. The minimum absolute atomic E-state index is 0.0644. The van der Waals surface area contributed by atoms with Gasteiger partial charge in [-0.1, -0.05) is 12.1 Å². The summed E-state index contributed by atoms with van der Waals surface area (Å²) in [6, 6.07) is 6.31. The first-order valence-corrected chi connectivity index (χ1v) is 6.05. The summed E-state index contributed by atoms with van der Waals surface area (Å²) in [4.78, 5) is 12.0. The van der Waals surface area contributed by atoms with Crippen LogP contribution in [0.3, 0.4) is 0 Å². The van der Waals surface area contributed by atoms with E-state index in [1.807, 2.05) is 0 Å². The van der Waals surface area contributed by atoms with Crippen molar-refractivity contribution in [2.75, 3.05) is 5.32 Å². The van der Waals surface area contributed by atoms with Crippen LogP contribution in [0.4, 0.5) is 10.3 Å². The van der Waals surface area contributed by atoms with Crippen LogP contribution in [0.2, 0.25) is 0 Å². The summed E-state index contributed by atoms with van der Waals surface area (Å²) >= 11 is 0. The molecule has 0 bridgehead atoms. The van der Waals surface area contributed by atoms with Gasteiger partial charge in [-0.15, -0.1) is 10.2 Å². The molecule has 5 nitrogen and oxygen atoms in total. The van der Waals surface area contributed by atoms with Crippen molar-refractivity contribution in [3.63, 3.8) is 0 Å². The predicted octanol–water partition coefficient (Wildman–Crippen LogP) is 1.70. The molecular weight excluding hydrogens is 247 g/mol. The molecule has 1 aromatic heterocycles. The number of anilines is 1. The fourth-order valence-electron chi connectivity index (χ4n) is 2.16. The normalized spacial score (nSPS) is 21.2. The SMILES string of the molecule is Cn1cnnc1NC(=O)[C@H]1C[C@H]1c1ccc(F)cc1. The van der Waals surface area contributed by atoms with Gasteiger partial charge in [0.05, 0.1) is 0 Å². The van der Waals surface area contributed by atoms with Crippen LogP contribution in [0.25, 0.3) is 0 Å². The van der Waals surface area contributed by atoms with E-state index in [-0.39, 0.29) is 23.6 Å². The molecule has 0 unspecified atom stereocenters. The van der Waals surface area contributed by atoms with Crippen LogP contribution in [-0.4, -0.2) is 20.7 Å². The van der Waals surface area contributed by atoms with E-state index in [0.717, 1.165) is 12.0 Å². The van der Waals surface area contributed by atoms with E-state index in [1.54, 1.807) is 23.7 Å². The van der Waals surface area contributed by atoms with Crippen molar-refractivity contribution in [1.82, 2.24) is 14.8 Å². The Balaban J connectivity index is 1.65. The van der Waals surface area contributed by atoms with E-state index in [9.17, 15) is 9.18 Å². The van der Waals surface area contributed by atoms with Gasteiger partial charge in [0.15, 0.2) is 0 Å². The lowest BCUT2D eigenvalue weighted by molar-refractivity contribution is -0.117. The number of hydrogen-bond donors (Lipinski definition) is 1. The minimum atomic E-state index is -0.260. The van der Waals surface area contributed by atoms with Gasteiger partial charge in [0.2, 0.25) is 11.9 Å². The maximum absolute atomic E-state index is 12.8. The van der Waals surface area contributed by atoms with E-state index >= 15 is 0 Å².